The van der Waals surface area contributed by atoms with Gasteiger partial charge >= 0.3 is 0 Å². The van der Waals surface area contributed by atoms with Crippen LogP contribution in [0.15, 0.2) is 24.7 Å². The van der Waals surface area contributed by atoms with Crippen LogP contribution >= 0.6 is 0 Å². The molecule has 1 aliphatic heterocycles. The highest BCUT2D eigenvalue weighted by atomic mass is 16.1. The Bertz CT molecular complexity index is 540. The number of aromatic nitrogens is 2. The lowest BCUT2D eigenvalue weighted by molar-refractivity contribution is 0.0901. The number of rotatable bonds is 2. The number of carbonyl (C=O) groups is 1. The summed E-state index contributed by atoms with van der Waals surface area (Å²) in [5.41, 5.74) is 1.73. The van der Waals surface area contributed by atoms with Gasteiger partial charge < -0.3 is 10.3 Å². The van der Waals surface area contributed by atoms with Crippen LogP contribution in [0.5, 0.6) is 0 Å². The van der Waals surface area contributed by atoms with Crippen LogP contribution in [0.2, 0.25) is 0 Å². The summed E-state index contributed by atoms with van der Waals surface area (Å²) in [6.45, 7) is 1.83. The Kier molecular flexibility index (Phi) is 2.65. The first-order chi connectivity index (χ1) is 8.36. The van der Waals surface area contributed by atoms with Gasteiger partial charge in [-0.3, -0.25) is 9.78 Å². The van der Waals surface area contributed by atoms with Gasteiger partial charge in [-0.2, -0.15) is 0 Å². The van der Waals surface area contributed by atoms with E-state index >= 15 is 0 Å². The van der Waals surface area contributed by atoms with Gasteiger partial charge in [-0.1, -0.05) is 0 Å². The summed E-state index contributed by atoms with van der Waals surface area (Å²) < 4.78 is 0. The number of H-pyrrole nitrogens is 1. The molecule has 0 bridgehead atoms. The molecule has 3 rings (SSSR count). The molecule has 1 unspecified atom stereocenters. The van der Waals surface area contributed by atoms with Crippen molar-refractivity contribution in [2.75, 3.05) is 13.1 Å². The lowest BCUT2D eigenvalue weighted by atomic mass is 9.91. The fourth-order valence-corrected chi connectivity index (χ4v) is 2.47. The van der Waals surface area contributed by atoms with Crippen molar-refractivity contribution in [3.63, 3.8) is 0 Å². The Balaban J connectivity index is 1.95. The molecule has 1 aliphatic rings. The van der Waals surface area contributed by atoms with Crippen LogP contribution in [0.3, 0.4) is 0 Å². The molecule has 4 nitrogen and oxygen atoms in total. The monoisotopic (exact) mass is 229 g/mol. The number of hydrogen-bond donors (Lipinski definition) is 2. The topological polar surface area (TPSA) is 57.8 Å². The molecule has 1 saturated heterocycles. The average Bonchev–Trinajstić information content (AvgIpc) is 2.83. The molecule has 0 radical (unpaired) electrons. The molecule has 0 amide bonds. The largest absolute Gasteiger partial charge is 0.359 e. The number of nitrogens with one attached hydrogen (secondary N) is 2. The molecular formula is C13H15N3O. The molecule has 0 saturated carbocycles. The molecule has 0 aromatic carbocycles. The van der Waals surface area contributed by atoms with Gasteiger partial charge in [0, 0.05) is 35.8 Å². The van der Waals surface area contributed by atoms with E-state index in [9.17, 15) is 4.79 Å². The minimum atomic E-state index is 0.121. The van der Waals surface area contributed by atoms with E-state index < -0.39 is 0 Å². The van der Waals surface area contributed by atoms with Gasteiger partial charge in [0.1, 0.15) is 0 Å². The maximum absolute atomic E-state index is 12.4. The van der Waals surface area contributed by atoms with E-state index in [2.05, 4.69) is 15.3 Å². The summed E-state index contributed by atoms with van der Waals surface area (Å²) in [6, 6.07) is 1.90. The normalized spacial score (nSPS) is 20.6. The van der Waals surface area contributed by atoms with Crippen LogP contribution in [-0.4, -0.2) is 28.8 Å². The van der Waals surface area contributed by atoms with Crippen LogP contribution in [0.25, 0.3) is 10.9 Å². The van der Waals surface area contributed by atoms with Crippen LogP contribution in [0.4, 0.5) is 0 Å². The van der Waals surface area contributed by atoms with E-state index in [1.807, 2.05) is 12.3 Å². The lowest BCUT2D eigenvalue weighted by Crippen LogP contribution is -2.34. The molecule has 1 atom stereocenters. The zero-order chi connectivity index (χ0) is 11.7. The summed E-state index contributed by atoms with van der Waals surface area (Å²) in [4.78, 5) is 19.5. The van der Waals surface area contributed by atoms with Gasteiger partial charge in [-0.25, -0.2) is 0 Å². The zero-order valence-corrected chi connectivity index (χ0v) is 9.57. The van der Waals surface area contributed by atoms with Crippen molar-refractivity contribution in [2.45, 2.75) is 12.8 Å². The first kappa shape index (κ1) is 10.5. The number of aromatic amines is 1. The molecule has 0 spiro atoms. The summed E-state index contributed by atoms with van der Waals surface area (Å²) in [7, 11) is 0. The van der Waals surface area contributed by atoms with Crippen molar-refractivity contribution in [1.29, 1.82) is 0 Å². The van der Waals surface area contributed by atoms with Gasteiger partial charge in [-0.05, 0) is 25.5 Å². The fraction of sp³-hybridized carbons (Fsp3) is 0.385. The molecule has 88 valence electrons. The van der Waals surface area contributed by atoms with Crippen molar-refractivity contribution in [2.24, 2.45) is 5.92 Å². The van der Waals surface area contributed by atoms with Crippen LogP contribution < -0.4 is 5.32 Å². The number of nitrogens with zero attached hydrogens (tertiary/aromatic N) is 1. The zero-order valence-electron chi connectivity index (χ0n) is 9.57. The number of fused-ring (bicyclic) bond motifs is 1. The van der Waals surface area contributed by atoms with Crippen molar-refractivity contribution in [3.05, 3.63) is 30.2 Å². The minimum absolute atomic E-state index is 0.121. The summed E-state index contributed by atoms with van der Waals surface area (Å²) in [6.07, 6.45) is 7.37. The van der Waals surface area contributed by atoms with E-state index in [-0.39, 0.29) is 11.7 Å². The first-order valence-electron chi connectivity index (χ1n) is 6.02. The molecule has 4 heteroatoms. The summed E-state index contributed by atoms with van der Waals surface area (Å²) in [5.74, 6) is 0.366. The maximum Gasteiger partial charge on any atom is 0.169 e. The van der Waals surface area contributed by atoms with Crippen LogP contribution in [-0.2, 0) is 0 Å². The Morgan fingerprint density at radius 2 is 2.41 bits per heavy atom. The van der Waals surface area contributed by atoms with Gasteiger partial charge in [-0.15, -0.1) is 0 Å². The molecule has 2 aromatic rings. The summed E-state index contributed by atoms with van der Waals surface area (Å²) >= 11 is 0. The highest BCUT2D eigenvalue weighted by Gasteiger charge is 2.24. The van der Waals surface area contributed by atoms with E-state index in [0.29, 0.717) is 0 Å². The standard InChI is InChI=1S/C13H15N3O/c17-13(9-2-1-4-14-6-9)11-7-16-12-8-15-5-3-10(11)12/h3,5,7-9,14,16H,1-2,4,6H2. The molecule has 0 aliphatic carbocycles. The van der Waals surface area contributed by atoms with Crippen molar-refractivity contribution in [3.8, 4) is 0 Å². The molecule has 2 aromatic heterocycles. The minimum Gasteiger partial charge on any atom is -0.359 e. The summed E-state index contributed by atoms with van der Waals surface area (Å²) in [5, 5.41) is 4.26. The van der Waals surface area contributed by atoms with Gasteiger partial charge in [0.15, 0.2) is 5.78 Å². The predicted octanol–water partition coefficient (Wildman–Crippen LogP) is 1.75. The number of Topliss-reactive ketones (excluding diaryl/α,β-unsaturated/α-hetero) is 1. The Hall–Kier alpha value is -1.68. The molecule has 2 N–H and O–H groups in total. The first-order valence-corrected chi connectivity index (χ1v) is 6.02. The molecular weight excluding hydrogens is 214 g/mol. The SMILES string of the molecule is O=C(c1c[nH]c2cnccc12)C1CCCNC1. The number of carbonyl (C=O) groups excluding carboxylic acids is 1. The Morgan fingerprint density at radius 3 is 3.24 bits per heavy atom. The van der Waals surface area contributed by atoms with Gasteiger partial charge in [0.25, 0.3) is 0 Å². The Morgan fingerprint density at radius 1 is 1.47 bits per heavy atom. The third-order valence-electron chi connectivity index (χ3n) is 3.42. The van der Waals surface area contributed by atoms with E-state index in [1.165, 1.54) is 0 Å². The second kappa shape index (κ2) is 4.30. The lowest BCUT2D eigenvalue weighted by Gasteiger charge is -2.21. The second-order valence-corrected chi connectivity index (χ2v) is 4.53. The molecule has 1 fully saturated rings. The van der Waals surface area contributed by atoms with Crippen LogP contribution in [0.1, 0.15) is 23.2 Å². The van der Waals surface area contributed by atoms with E-state index in [1.54, 1.807) is 12.4 Å². The number of hydrogen-bond acceptors (Lipinski definition) is 3. The van der Waals surface area contributed by atoms with Gasteiger partial charge in [0.2, 0.25) is 0 Å². The highest BCUT2D eigenvalue weighted by Crippen LogP contribution is 2.22. The number of piperidine rings is 1. The van der Waals surface area contributed by atoms with Gasteiger partial charge in [0.05, 0.1) is 11.7 Å². The molecule has 17 heavy (non-hydrogen) atoms. The Labute approximate surface area is 99.4 Å². The predicted molar refractivity (Wildman–Crippen MR) is 66.0 cm³/mol. The van der Waals surface area contributed by atoms with Crippen molar-refractivity contribution < 1.29 is 4.79 Å². The van der Waals surface area contributed by atoms with Crippen molar-refractivity contribution >= 4 is 16.7 Å². The van der Waals surface area contributed by atoms with E-state index in [0.717, 1.165) is 42.4 Å². The molecule has 3 heterocycles. The average molecular weight is 229 g/mol. The fourth-order valence-electron chi connectivity index (χ4n) is 2.47. The highest BCUT2D eigenvalue weighted by molar-refractivity contribution is 6.08. The van der Waals surface area contributed by atoms with Crippen molar-refractivity contribution in [1.82, 2.24) is 15.3 Å². The smallest absolute Gasteiger partial charge is 0.169 e. The quantitative estimate of drug-likeness (QED) is 0.771. The maximum atomic E-state index is 12.4. The second-order valence-electron chi connectivity index (χ2n) is 4.53. The van der Waals surface area contributed by atoms with E-state index in [4.69, 9.17) is 0 Å². The number of pyridine rings is 1. The number of ketones is 1. The third kappa shape index (κ3) is 1.85. The third-order valence-corrected chi connectivity index (χ3v) is 3.42. The van der Waals surface area contributed by atoms with Crippen LogP contribution in [0, 0.1) is 5.92 Å².